The van der Waals surface area contributed by atoms with Crippen LogP contribution >= 0.6 is 0 Å². The van der Waals surface area contributed by atoms with Crippen molar-refractivity contribution in [2.45, 2.75) is 210 Å². The van der Waals surface area contributed by atoms with Gasteiger partial charge in [-0.3, -0.25) is 47.9 Å². The molecule has 25 heteroatoms. The van der Waals surface area contributed by atoms with Crippen molar-refractivity contribution in [3.63, 3.8) is 0 Å². The summed E-state index contributed by atoms with van der Waals surface area (Å²) in [5, 5.41) is 45.2. The normalized spacial score (nSPS) is 15.0. The first-order valence-corrected chi connectivity index (χ1v) is 29.1. The van der Waals surface area contributed by atoms with Crippen molar-refractivity contribution in [3.8, 4) is 0 Å². The SMILES string of the molecule is CC[C@H](C)NCC(=O)N(CC(=O)N(CC(=O)N(CC(=O)N(CC(=O)N(CC(=O)N(CC(=O)N(CC(=O)N(CC(=O)N(CC(N)=O)[C@@H](C)CC)[C@@H](C)CC)C[C@H](C)O)C[C@H](C)O)[C@@H](C)CC)[C@@H](C)CC)C[C@H](C)O)C[C@H](C)O)[C@@H](C)CC. The smallest absolute Gasteiger partial charge is 0.242 e. The predicted molar refractivity (Wildman–Crippen MR) is 307 cm³/mol. The van der Waals surface area contributed by atoms with Crippen LogP contribution in [0.25, 0.3) is 0 Å². The molecular formula is C56H105N11O14. The minimum Gasteiger partial charge on any atom is -0.392 e. The molecule has 0 spiro atoms. The molecule has 81 heavy (non-hydrogen) atoms. The summed E-state index contributed by atoms with van der Waals surface area (Å²) in [6.07, 6.45) is -1.60. The molecule has 0 aromatic carbocycles. The van der Waals surface area contributed by atoms with E-state index in [2.05, 4.69) is 5.32 Å². The predicted octanol–water partition coefficient (Wildman–Crippen LogP) is -0.167. The topological polar surface area (TPSA) is 319 Å². The summed E-state index contributed by atoms with van der Waals surface area (Å²) in [7, 11) is 0. The fraction of sp³-hybridized carbons (Fsp3) is 0.821. The lowest BCUT2D eigenvalue weighted by molar-refractivity contribution is -0.152. The summed E-state index contributed by atoms with van der Waals surface area (Å²) in [6.45, 7) is 21.0. The molecule has 0 radical (unpaired) electrons. The lowest BCUT2D eigenvalue weighted by Gasteiger charge is -2.36. The van der Waals surface area contributed by atoms with Crippen molar-refractivity contribution >= 4 is 59.1 Å². The maximum absolute atomic E-state index is 14.5. The van der Waals surface area contributed by atoms with Crippen LogP contribution < -0.4 is 11.1 Å². The number of aliphatic hydroxyl groups excluding tert-OH is 4. The molecule has 0 saturated carbocycles. The van der Waals surface area contributed by atoms with E-state index in [1.807, 2.05) is 27.7 Å². The molecule has 468 valence electrons. The van der Waals surface area contributed by atoms with E-state index >= 15 is 0 Å². The molecule has 10 atom stereocenters. The van der Waals surface area contributed by atoms with Crippen LogP contribution in [-0.2, 0) is 47.9 Å². The van der Waals surface area contributed by atoms with Gasteiger partial charge in [0.25, 0.3) is 0 Å². The standard InChI is InChI=1S/C56H105N11O14/c1-17-37(7)58-23-48(73)64(39(9)19-3)33-51(76)59(24-43(13)68)29-49(74)62(27-46(16)71)32-54(79)67(42(12)22-6)36-56(81)65(40(10)20-4)34-52(77)60(25-44(14)69)30-50(75)61(26-45(15)70)31-53(78)66(41(11)21-5)35-55(80)63(28-47(57)72)38(8)18-2/h37-46,58,68-71H,17-36H2,1-16H3,(H2,57,72)/t37-,38-,39-,40-,41-,42-,43-,44-,45-,46-/m0/s1. The number of carbonyl (C=O) groups excluding carboxylic acids is 10. The lowest BCUT2D eigenvalue weighted by Crippen LogP contribution is -2.56. The van der Waals surface area contributed by atoms with Crippen LogP contribution in [0.3, 0.4) is 0 Å². The van der Waals surface area contributed by atoms with Gasteiger partial charge in [-0.15, -0.1) is 0 Å². The molecule has 0 aliphatic carbocycles. The number of carbonyl (C=O) groups is 10. The Kier molecular flexibility index (Phi) is 35.7. The number of aliphatic hydroxyl groups is 4. The second-order valence-corrected chi connectivity index (χ2v) is 22.0. The van der Waals surface area contributed by atoms with E-state index in [9.17, 15) is 68.4 Å². The molecule has 0 fully saturated rings. The number of nitrogens with two attached hydrogens (primary N) is 1. The molecule has 25 nitrogen and oxygen atoms in total. The number of rotatable bonds is 40. The Morgan fingerprint density at radius 2 is 0.531 bits per heavy atom. The van der Waals surface area contributed by atoms with E-state index < -0.39 is 142 Å². The Hall–Kier alpha value is -5.50. The van der Waals surface area contributed by atoms with Gasteiger partial charge >= 0.3 is 0 Å². The molecule has 0 bridgehead atoms. The Balaban J connectivity index is 6.88. The molecule has 10 amide bonds. The third-order valence-corrected chi connectivity index (χ3v) is 14.6. The first-order valence-electron chi connectivity index (χ1n) is 29.1. The van der Waals surface area contributed by atoms with Gasteiger partial charge < -0.3 is 75.6 Å². The minimum absolute atomic E-state index is 0.0168. The zero-order valence-corrected chi connectivity index (χ0v) is 51.9. The van der Waals surface area contributed by atoms with Gasteiger partial charge in [-0.1, -0.05) is 41.5 Å². The molecule has 0 aliphatic heterocycles. The molecular weight excluding hydrogens is 1050 g/mol. The number of amides is 10. The second kappa shape index (κ2) is 38.3. The van der Waals surface area contributed by atoms with Gasteiger partial charge in [-0.2, -0.15) is 0 Å². The van der Waals surface area contributed by atoms with Crippen LogP contribution in [0.2, 0.25) is 0 Å². The average molecular weight is 1160 g/mol. The highest BCUT2D eigenvalue weighted by molar-refractivity contribution is 5.94. The van der Waals surface area contributed by atoms with Gasteiger partial charge in [0.05, 0.1) is 63.7 Å². The molecule has 0 aliphatic rings. The average Bonchev–Trinajstić information content (AvgIpc) is 3.39. The van der Waals surface area contributed by atoms with Crippen molar-refractivity contribution < 1.29 is 68.4 Å². The monoisotopic (exact) mass is 1160 g/mol. The Labute approximate surface area is 482 Å². The van der Waals surface area contributed by atoms with E-state index in [0.29, 0.717) is 32.1 Å². The highest BCUT2D eigenvalue weighted by atomic mass is 16.3. The molecule has 0 saturated heterocycles. The molecule has 7 N–H and O–H groups in total. The van der Waals surface area contributed by atoms with E-state index in [1.165, 1.54) is 52.2 Å². The summed E-state index contributed by atoms with van der Waals surface area (Å²) >= 11 is 0. The first kappa shape index (κ1) is 75.5. The van der Waals surface area contributed by atoms with Gasteiger partial charge in [0.15, 0.2) is 0 Å². The van der Waals surface area contributed by atoms with Gasteiger partial charge in [-0.25, -0.2) is 0 Å². The summed E-state index contributed by atoms with van der Waals surface area (Å²) in [6, 6.07) is -2.37. The van der Waals surface area contributed by atoms with Crippen molar-refractivity contribution in [2.24, 2.45) is 5.73 Å². The Morgan fingerprint density at radius 3 is 0.765 bits per heavy atom. The van der Waals surface area contributed by atoms with E-state index in [1.54, 1.807) is 55.4 Å². The Morgan fingerprint density at radius 1 is 0.321 bits per heavy atom. The largest absolute Gasteiger partial charge is 0.392 e. The van der Waals surface area contributed by atoms with Crippen LogP contribution in [0.1, 0.15) is 149 Å². The van der Waals surface area contributed by atoms with Crippen LogP contribution in [0.5, 0.6) is 0 Å². The van der Waals surface area contributed by atoms with Crippen molar-refractivity contribution in [1.29, 1.82) is 0 Å². The van der Waals surface area contributed by atoms with E-state index in [-0.39, 0.29) is 69.8 Å². The number of nitrogens with zero attached hydrogens (tertiary/aromatic N) is 9. The van der Waals surface area contributed by atoms with Crippen molar-refractivity contribution in [2.75, 3.05) is 91.6 Å². The van der Waals surface area contributed by atoms with Gasteiger partial charge in [0.2, 0.25) is 59.1 Å². The summed E-state index contributed by atoms with van der Waals surface area (Å²) in [4.78, 5) is 149. The van der Waals surface area contributed by atoms with Gasteiger partial charge in [-0.05, 0) is 108 Å². The van der Waals surface area contributed by atoms with Crippen molar-refractivity contribution in [1.82, 2.24) is 49.4 Å². The highest BCUT2D eigenvalue weighted by Crippen LogP contribution is 2.15. The molecule has 0 unspecified atom stereocenters. The van der Waals surface area contributed by atoms with E-state index in [4.69, 9.17) is 5.73 Å². The van der Waals surface area contributed by atoms with Crippen molar-refractivity contribution in [3.05, 3.63) is 0 Å². The van der Waals surface area contributed by atoms with Crippen LogP contribution in [0.4, 0.5) is 0 Å². The quantitative estimate of drug-likeness (QED) is 0.0464. The van der Waals surface area contributed by atoms with Crippen LogP contribution in [0.15, 0.2) is 0 Å². The van der Waals surface area contributed by atoms with Gasteiger partial charge in [0, 0.05) is 62.4 Å². The lowest BCUT2D eigenvalue weighted by atomic mass is 10.1. The summed E-state index contributed by atoms with van der Waals surface area (Å²) in [5.74, 6) is -6.53. The fourth-order valence-corrected chi connectivity index (χ4v) is 8.52. The zero-order chi connectivity index (χ0) is 62.6. The van der Waals surface area contributed by atoms with Crippen LogP contribution in [-0.4, -0.2) is 276 Å². The maximum Gasteiger partial charge on any atom is 0.242 e. The maximum atomic E-state index is 14.5. The van der Waals surface area contributed by atoms with E-state index in [0.717, 1.165) is 26.0 Å². The molecule has 0 aromatic heterocycles. The third kappa shape index (κ3) is 27.4. The number of hydrogen-bond acceptors (Lipinski definition) is 15. The number of nitrogens with one attached hydrogen (secondary N) is 1. The fourth-order valence-electron chi connectivity index (χ4n) is 8.52. The Bertz CT molecular complexity index is 2010. The molecule has 0 heterocycles. The first-order chi connectivity index (χ1) is 37.7. The third-order valence-electron chi connectivity index (χ3n) is 14.6. The summed E-state index contributed by atoms with van der Waals surface area (Å²) in [5.41, 5.74) is 5.44. The summed E-state index contributed by atoms with van der Waals surface area (Å²) < 4.78 is 0. The number of hydrogen-bond donors (Lipinski definition) is 6. The highest BCUT2D eigenvalue weighted by Gasteiger charge is 2.35. The zero-order valence-electron chi connectivity index (χ0n) is 51.9. The number of primary amides is 1. The molecule has 0 aromatic rings. The van der Waals surface area contributed by atoms with Crippen LogP contribution in [0, 0.1) is 0 Å². The molecule has 0 rings (SSSR count). The van der Waals surface area contributed by atoms with Gasteiger partial charge in [0.1, 0.15) is 26.2 Å². The minimum atomic E-state index is -1.17. The second-order valence-electron chi connectivity index (χ2n) is 22.0.